The van der Waals surface area contributed by atoms with E-state index in [1.807, 2.05) is 0 Å². The summed E-state index contributed by atoms with van der Waals surface area (Å²) in [5.41, 5.74) is 1.64. The van der Waals surface area contributed by atoms with Crippen LogP contribution in [0.1, 0.15) is 25.0 Å². The average molecular weight is 404 g/mol. The topological polar surface area (TPSA) is 93.7 Å². The van der Waals surface area contributed by atoms with Crippen molar-refractivity contribution >= 4 is 27.3 Å². The molecule has 28 heavy (non-hydrogen) atoms. The smallest absolute Gasteiger partial charge is 0.261 e. The van der Waals surface area contributed by atoms with Crippen LogP contribution in [-0.2, 0) is 14.8 Å². The van der Waals surface area contributed by atoms with E-state index < -0.39 is 15.4 Å². The summed E-state index contributed by atoms with van der Waals surface area (Å²) in [6, 6.07) is 7.91. The summed E-state index contributed by atoms with van der Waals surface area (Å²) in [5, 5.41) is 2.81. The maximum absolute atomic E-state index is 12.8. The van der Waals surface area contributed by atoms with E-state index in [0.29, 0.717) is 22.9 Å². The molecule has 0 bridgehead atoms. The second-order valence-corrected chi connectivity index (χ2v) is 9.22. The third-order valence-electron chi connectivity index (χ3n) is 4.63. The minimum absolute atomic E-state index is 0.147. The summed E-state index contributed by atoms with van der Waals surface area (Å²) in [6.45, 7) is 7.36. The molecule has 0 fully saturated rings. The lowest BCUT2D eigenvalue weighted by Crippen LogP contribution is -2.33. The highest BCUT2D eigenvalue weighted by molar-refractivity contribution is 7.92. The first-order valence-corrected chi connectivity index (χ1v) is 10.3. The minimum atomic E-state index is -3.80. The summed E-state index contributed by atoms with van der Waals surface area (Å²) in [5.74, 6) is 0.931. The Balaban J connectivity index is 1.91. The fourth-order valence-electron chi connectivity index (χ4n) is 3.03. The van der Waals surface area contributed by atoms with Gasteiger partial charge in [-0.05, 0) is 63.1 Å². The number of anilines is 2. The first kappa shape index (κ1) is 20.0. The average Bonchev–Trinajstić information content (AvgIpc) is 2.71. The number of benzene rings is 2. The van der Waals surface area contributed by atoms with Crippen molar-refractivity contribution in [3.05, 3.63) is 41.5 Å². The van der Waals surface area contributed by atoms with Crippen LogP contribution >= 0.6 is 0 Å². The Bertz CT molecular complexity index is 1020. The van der Waals surface area contributed by atoms with Crippen molar-refractivity contribution in [2.24, 2.45) is 5.41 Å². The third kappa shape index (κ3) is 3.77. The third-order valence-corrected chi connectivity index (χ3v) is 5.99. The molecular weight excluding hydrogens is 380 g/mol. The molecule has 8 heteroatoms. The van der Waals surface area contributed by atoms with E-state index in [0.717, 1.165) is 11.1 Å². The van der Waals surface area contributed by atoms with Crippen LogP contribution in [0.15, 0.2) is 35.2 Å². The van der Waals surface area contributed by atoms with Crippen molar-refractivity contribution in [1.82, 2.24) is 0 Å². The summed E-state index contributed by atoms with van der Waals surface area (Å²) in [6.07, 6.45) is 0. The van der Waals surface area contributed by atoms with Crippen molar-refractivity contribution in [3.63, 3.8) is 0 Å². The number of fused-ring (bicyclic) bond motifs is 1. The molecule has 0 saturated carbocycles. The molecule has 1 amide bonds. The molecule has 0 atom stereocenters. The molecule has 1 aliphatic heterocycles. The first-order valence-electron chi connectivity index (χ1n) is 8.80. The predicted molar refractivity (Wildman–Crippen MR) is 108 cm³/mol. The Kier molecular flexibility index (Phi) is 5.01. The van der Waals surface area contributed by atoms with Gasteiger partial charge in [0.2, 0.25) is 5.91 Å². The zero-order valence-electron chi connectivity index (χ0n) is 16.5. The first-order chi connectivity index (χ1) is 13.0. The molecular formula is C20H24N2O5S. The van der Waals surface area contributed by atoms with Gasteiger partial charge in [0.1, 0.15) is 18.1 Å². The number of hydrogen-bond acceptors (Lipinski definition) is 5. The summed E-state index contributed by atoms with van der Waals surface area (Å²) in [4.78, 5) is 12.3. The largest absolute Gasteiger partial charge is 0.496 e. The predicted octanol–water partition coefficient (Wildman–Crippen LogP) is 3.47. The monoisotopic (exact) mass is 404 g/mol. The molecule has 3 rings (SSSR count). The highest BCUT2D eigenvalue weighted by Crippen LogP contribution is 2.35. The van der Waals surface area contributed by atoms with Crippen LogP contribution in [0.4, 0.5) is 11.4 Å². The Morgan fingerprint density at radius 2 is 1.79 bits per heavy atom. The number of nitrogens with one attached hydrogen (secondary N) is 2. The summed E-state index contributed by atoms with van der Waals surface area (Å²) < 4.78 is 39.3. The fraction of sp³-hybridized carbons (Fsp3) is 0.350. The van der Waals surface area contributed by atoms with Crippen molar-refractivity contribution in [2.75, 3.05) is 23.8 Å². The van der Waals surface area contributed by atoms with Gasteiger partial charge < -0.3 is 14.8 Å². The number of rotatable bonds is 4. The van der Waals surface area contributed by atoms with Crippen molar-refractivity contribution in [3.8, 4) is 11.5 Å². The van der Waals surface area contributed by atoms with Crippen molar-refractivity contribution < 1.29 is 22.7 Å². The Labute approximate surface area is 165 Å². The van der Waals surface area contributed by atoms with E-state index in [-0.39, 0.29) is 17.4 Å². The molecule has 2 aromatic rings. The number of carbonyl (C=O) groups is 1. The van der Waals surface area contributed by atoms with Gasteiger partial charge in [-0.3, -0.25) is 9.52 Å². The number of methoxy groups -OCH3 is 1. The standard InChI is InChI=1S/C20H24N2O5S/c1-12-8-15(9-13(2)18(12)26-5)28(24,25)22-14-6-7-16-17(10-14)27-11-20(3,4)19(23)21-16/h6-10,22H,11H2,1-5H3,(H,21,23). The van der Waals surface area contributed by atoms with E-state index in [2.05, 4.69) is 10.0 Å². The molecule has 0 aromatic heterocycles. The minimum Gasteiger partial charge on any atom is -0.496 e. The molecule has 0 aliphatic carbocycles. The maximum Gasteiger partial charge on any atom is 0.261 e. The molecule has 0 radical (unpaired) electrons. The van der Waals surface area contributed by atoms with Crippen molar-refractivity contribution in [1.29, 1.82) is 0 Å². The van der Waals surface area contributed by atoms with Gasteiger partial charge in [-0.1, -0.05) is 0 Å². The van der Waals surface area contributed by atoms with Crippen LogP contribution in [-0.4, -0.2) is 28.0 Å². The van der Waals surface area contributed by atoms with E-state index in [1.165, 1.54) is 0 Å². The van der Waals surface area contributed by atoms with E-state index in [1.54, 1.807) is 65.1 Å². The molecule has 0 spiro atoms. The lowest BCUT2D eigenvalue weighted by atomic mass is 9.94. The van der Waals surface area contributed by atoms with Crippen LogP contribution in [0.3, 0.4) is 0 Å². The molecule has 2 N–H and O–H groups in total. The molecule has 150 valence electrons. The van der Waals surface area contributed by atoms with Gasteiger partial charge in [-0.2, -0.15) is 0 Å². The molecule has 1 aliphatic rings. The zero-order chi connectivity index (χ0) is 20.7. The zero-order valence-corrected chi connectivity index (χ0v) is 17.4. The maximum atomic E-state index is 12.8. The Morgan fingerprint density at radius 1 is 1.14 bits per heavy atom. The van der Waals surface area contributed by atoms with Gasteiger partial charge in [-0.25, -0.2) is 8.42 Å². The van der Waals surface area contributed by atoms with Crippen LogP contribution in [0.2, 0.25) is 0 Å². The lowest BCUT2D eigenvalue weighted by molar-refractivity contribution is -0.124. The Morgan fingerprint density at radius 3 is 2.39 bits per heavy atom. The highest BCUT2D eigenvalue weighted by Gasteiger charge is 2.32. The Hall–Kier alpha value is -2.74. The molecule has 2 aromatic carbocycles. The van der Waals surface area contributed by atoms with Gasteiger partial charge >= 0.3 is 0 Å². The van der Waals surface area contributed by atoms with Gasteiger partial charge in [-0.15, -0.1) is 0 Å². The van der Waals surface area contributed by atoms with E-state index in [4.69, 9.17) is 9.47 Å². The van der Waals surface area contributed by atoms with Gasteiger partial charge in [0.05, 0.1) is 28.8 Å². The summed E-state index contributed by atoms with van der Waals surface area (Å²) >= 11 is 0. The number of aryl methyl sites for hydroxylation is 2. The number of sulfonamides is 1. The highest BCUT2D eigenvalue weighted by atomic mass is 32.2. The van der Waals surface area contributed by atoms with E-state index in [9.17, 15) is 13.2 Å². The second-order valence-electron chi connectivity index (χ2n) is 7.53. The van der Waals surface area contributed by atoms with Crippen LogP contribution < -0.4 is 19.5 Å². The number of amides is 1. The lowest BCUT2D eigenvalue weighted by Gasteiger charge is -2.18. The van der Waals surface area contributed by atoms with Gasteiger partial charge in [0.15, 0.2) is 0 Å². The number of carbonyl (C=O) groups excluding carboxylic acids is 1. The van der Waals surface area contributed by atoms with Gasteiger partial charge in [0.25, 0.3) is 10.0 Å². The number of hydrogen-bond donors (Lipinski definition) is 2. The fourth-order valence-corrected chi connectivity index (χ4v) is 4.24. The van der Waals surface area contributed by atoms with Crippen LogP contribution in [0, 0.1) is 19.3 Å². The van der Waals surface area contributed by atoms with Crippen LogP contribution in [0.25, 0.3) is 0 Å². The van der Waals surface area contributed by atoms with Crippen LogP contribution in [0.5, 0.6) is 11.5 Å². The quantitative estimate of drug-likeness (QED) is 0.814. The van der Waals surface area contributed by atoms with E-state index >= 15 is 0 Å². The molecule has 1 heterocycles. The SMILES string of the molecule is COc1c(C)cc(S(=O)(=O)Nc2ccc3c(c2)OCC(C)(C)C(=O)N3)cc1C. The number of ether oxygens (including phenoxy) is 2. The normalized spacial score (nSPS) is 15.7. The van der Waals surface area contributed by atoms with Crippen molar-refractivity contribution in [2.45, 2.75) is 32.6 Å². The second kappa shape index (κ2) is 7.01. The van der Waals surface area contributed by atoms with Gasteiger partial charge in [0, 0.05) is 6.07 Å². The molecule has 0 saturated heterocycles. The molecule has 0 unspecified atom stereocenters. The summed E-state index contributed by atoms with van der Waals surface area (Å²) in [7, 11) is -2.25. The molecule has 7 nitrogen and oxygen atoms in total.